The molecule has 60 valence electrons. The molecule has 0 saturated heterocycles. The van der Waals surface area contributed by atoms with E-state index in [1.54, 1.807) is 6.08 Å². The molecule has 0 bridgehead atoms. The molecule has 12 heavy (non-hydrogen) atoms. The highest BCUT2D eigenvalue weighted by Gasteiger charge is 2.03. The normalized spacial score (nSPS) is 14.3. The Morgan fingerprint density at radius 1 is 1.83 bits per heavy atom. The van der Waals surface area contributed by atoms with Crippen molar-refractivity contribution in [2.75, 3.05) is 6.61 Å². The molecule has 1 rings (SSSR count). The van der Waals surface area contributed by atoms with E-state index in [9.17, 15) is 0 Å². The average Bonchev–Trinajstić information content (AvgIpc) is 2.56. The summed E-state index contributed by atoms with van der Waals surface area (Å²) in [6, 6.07) is 1.93. The zero-order valence-corrected chi connectivity index (χ0v) is 6.87. The van der Waals surface area contributed by atoms with Crippen LogP contribution in [0, 0.1) is 11.3 Å². The van der Waals surface area contributed by atoms with Crippen molar-refractivity contribution < 1.29 is 4.74 Å². The van der Waals surface area contributed by atoms with Crippen molar-refractivity contribution in [1.82, 2.24) is 0 Å². The van der Waals surface area contributed by atoms with Crippen LogP contribution in [-0.4, -0.2) is 6.61 Å². The second-order valence-electron chi connectivity index (χ2n) is 2.15. The Bertz CT molecular complexity index is 322. The zero-order valence-electron chi connectivity index (χ0n) is 6.87. The number of rotatable bonds is 3. The first kappa shape index (κ1) is 8.39. The van der Waals surface area contributed by atoms with Crippen LogP contribution in [0.25, 0.3) is 0 Å². The number of nitriles is 1. The number of hydrogen-bond acceptors (Lipinski definition) is 2. The minimum Gasteiger partial charge on any atom is -0.492 e. The number of allylic oxidation sites excluding steroid dienone is 3. The molecule has 0 aromatic heterocycles. The van der Waals surface area contributed by atoms with E-state index in [4.69, 9.17) is 10.00 Å². The average molecular weight is 159 g/mol. The van der Waals surface area contributed by atoms with Crippen LogP contribution in [0.5, 0.6) is 0 Å². The van der Waals surface area contributed by atoms with Gasteiger partial charge in [0, 0.05) is 0 Å². The molecule has 0 spiro atoms. The van der Waals surface area contributed by atoms with E-state index < -0.39 is 0 Å². The molecule has 0 unspecified atom stereocenters. The lowest BCUT2D eigenvalue weighted by atomic mass is 10.2. The number of ether oxygens (including phenoxy) is 1. The van der Waals surface area contributed by atoms with Gasteiger partial charge in [0.1, 0.15) is 5.76 Å². The van der Waals surface area contributed by atoms with Gasteiger partial charge in [-0.15, -0.1) is 5.73 Å². The second-order valence-corrected chi connectivity index (χ2v) is 2.15. The first-order valence-corrected chi connectivity index (χ1v) is 3.74. The van der Waals surface area contributed by atoms with E-state index in [0.29, 0.717) is 12.4 Å². The van der Waals surface area contributed by atoms with E-state index in [-0.39, 0.29) is 0 Å². The van der Waals surface area contributed by atoms with E-state index >= 15 is 0 Å². The first-order chi connectivity index (χ1) is 5.88. The molecule has 0 aliphatic heterocycles. The summed E-state index contributed by atoms with van der Waals surface area (Å²) in [4.78, 5) is 0. The van der Waals surface area contributed by atoms with Crippen LogP contribution >= 0.6 is 0 Å². The highest BCUT2D eigenvalue weighted by atomic mass is 16.5. The van der Waals surface area contributed by atoms with Crippen molar-refractivity contribution in [2.45, 2.75) is 6.92 Å². The third kappa shape index (κ3) is 1.88. The molecule has 0 saturated carbocycles. The Morgan fingerprint density at radius 3 is 3.17 bits per heavy atom. The van der Waals surface area contributed by atoms with Crippen LogP contribution in [-0.2, 0) is 4.74 Å². The summed E-state index contributed by atoms with van der Waals surface area (Å²) in [5.74, 6) is 0.588. The minimum absolute atomic E-state index is 0.562. The summed E-state index contributed by atoms with van der Waals surface area (Å²) in [5, 5.41) is 8.44. The van der Waals surface area contributed by atoms with Gasteiger partial charge in [-0.05, 0) is 19.1 Å². The van der Waals surface area contributed by atoms with Crippen molar-refractivity contribution >= 4 is 0 Å². The molecule has 2 heteroatoms. The van der Waals surface area contributed by atoms with Gasteiger partial charge in [0.2, 0.25) is 0 Å². The van der Waals surface area contributed by atoms with Gasteiger partial charge in [0.15, 0.2) is 0 Å². The van der Waals surface area contributed by atoms with Gasteiger partial charge in [-0.2, -0.15) is 5.26 Å². The Morgan fingerprint density at radius 2 is 2.67 bits per heavy atom. The van der Waals surface area contributed by atoms with Gasteiger partial charge in [-0.1, -0.05) is 6.08 Å². The molecule has 0 atom stereocenters. The molecule has 0 heterocycles. The van der Waals surface area contributed by atoms with Crippen LogP contribution in [0.3, 0.4) is 0 Å². The maximum absolute atomic E-state index is 8.44. The lowest BCUT2D eigenvalue weighted by molar-refractivity contribution is 0.239. The first-order valence-electron chi connectivity index (χ1n) is 3.74. The van der Waals surface area contributed by atoms with Gasteiger partial charge >= 0.3 is 0 Å². The zero-order chi connectivity index (χ0) is 8.81. The van der Waals surface area contributed by atoms with E-state index in [1.807, 2.05) is 25.1 Å². The van der Waals surface area contributed by atoms with Crippen LogP contribution in [0.1, 0.15) is 6.92 Å². The fraction of sp³-hybridized carbons (Fsp3) is 0.200. The van der Waals surface area contributed by atoms with E-state index in [0.717, 1.165) is 5.57 Å². The van der Waals surface area contributed by atoms with Crippen LogP contribution in [0.15, 0.2) is 41.4 Å². The summed E-state index contributed by atoms with van der Waals surface area (Å²) in [7, 11) is 0. The van der Waals surface area contributed by atoms with Gasteiger partial charge in [0.25, 0.3) is 0 Å². The predicted molar refractivity (Wildman–Crippen MR) is 46.1 cm³/mol. The summed E-state index contributed by atoms with van der Waals surface area (Å²) >= 11 is 0. The fourth-order valence-electron chi connectivity index (χ4n) is 0.895. The molecule has 0 amide bonds. The van der Waals surface area contributed by atoms with Crippen LogP contribution in [0.4, 0.5) is 0 Å². The highest BCUT2D eigenvalue weighted by Crippen LogP contribution is 2.14. The quantitative estimate of drug-likeness (QED) is 0.359. The molecular weight excluding hydrogens is 150 g/mol. The Balaban J connectivity index is 2.82. The maximum atomic E-state index is 8.44. The molecule has 1 aliphatic carbocycles. The van der Waals surface area contributed by atoms with Crippen LogP contribution in [0.2, 0.25) is 0 Å². The van der Waals surface area contributed by atoms with Gasteiger partial charge in [0.05, 0.1) is 24.3 Å². The number of nitrogens with zero attached hydrogens (tertiary/aromatic N) is 1. The third-order valence-electron chi connectivity index (χ3n) is 1.36. The largest absolute Gasteiger partial charge is 0.492 e. The van der Waals surface area contributed by atoms with E-state index in [1.165, 1.54) is 6.08 Å². The summed E-state index contributed by atoms with van der Waals surface area (Å²) in [6.45, 7) is 2.45. The molecule has 1 aliphatic rings. The molecule has 2 nitrogen and oxygen atoms in total. The summed E-state index contributed by atoms with van der Waals surface area (Å²) < 4.78 is 5.23. The highest BCUT2D eigenvalue weighted by molar-refractivity contribution is 5.42. The van der Waals surface area contributed by atoms with Crippen molar-refractivity contribution in [2.24, 2.45) is 0 Å². The predicted octanol–water partition coefficient (Wildman–Crippen LogP) is 2.08. The Hall–Kier alpha value is -1.71. The number of hydrogen-bond donors (Lipinski definition) is 0. The van der Waals surface area contributed by atoms with Crippen molar-refractivity contribution in [3.63, 3.8) is 0 Å². The van der Waals surface area contributed by atoms with Gasteiger partial charge in [-0.25, -0.2) is 0 Å². The third-order valence-corrected chi connectivity index (χ3v) is 1.36. The SMILES string of the molecule is CCO/C(=C\C#N)C1=C=CC=C1. The lowest BCUT2D eigenvalue weighted by Gasteiger charge is -2.04. The van der Waals surface area contributed by atoms with Crippen molar-refractivity contribution in [3.8, 4) is 6.07 Å². The lowest BCUT2D eigenvalue weighted by Crippen LogP contribution is -1.92. The molecule has 0 radical (unpaired) electrons. The van der Waals surface area contributed by atoms with Crippen molar-refractivity contribution in [3.05, 3.63) is 41.4 Å². The van der Waals surface area contributed by atoms with Crippen LogP contribution < -0.4 is 0 Å². The Kier molecular flexibility index (Phi) is 2.95. The maximum Gasteiger partial charge on any atom is 0.144 e. The van der Waals surface area contributed by atoms with Crippen molar-refractivity contribution in [1.29, 1.82) is 5.26 Å². The molecule has 0 fully saturated rings. The second kappa shape index (κ2) is 4.23. The Labute approximate surface area is 71.8 Å². The van der Waals surface area contributed by atoms with E-state index in [2.05, 4.69) is 5.73 Å². The fourth-order valence-corrected chi connectivity index (χ4v) is 0.895. The summed E-state index contributed by atoms with van der Waals surface area (Å²) in [5.41, 5.74) is 3.79. The monoisotopic (exact) mass is 159 g/mol. The molecular formula is C10H9NO. The molecule has 0 N–H and O–H groups in total. The standard InChI is InChI=1S/C10H9NO/c1-2-12-10(7-8-11)9-5-3-4-6-9/h3-5,7H,2H2,1H3/b10-7-. The topological polar surface area (TPSA) is 33.0 Å². The van der Waals surface area contributed by atoms with Gasteiger partial charge < -0.3 is 4.74 Å². The van der Waals surface area contributed by atoms with Gasteiger partial charge in [-0.3, -0.25) is 0 Å². The minimum atomic E-state index is 0.562. The smallest absolute Gasteiger partial charge is 0.144 e. The summed E-state index contributed by atoms with van der Waals surface area (Å²) in [6.07, 6.45) is 6.90. The molecule has 0 aromatic carbocycles. The molecule has 0 aromatic rings.